The summed E-state index contributed by atoms with van der Waals surface area (Å²) in [6.45, 7) is 8.88. The number of nitrogens with zero attached hydrogens (tertiary/aromatic N) is 2. The molecule has 0 radical (unpaired) electrons. The number of anilines is 1. The zero-order valence-electron chi connectivity index (χ0n) is 11.4. The molecule has 0 bridgehead atoms. The first-order valence-electron chi connectivity index (χ1n) is 6.25. The molecule has 0 spiro atoms. The predicted octanol–water partition coefficient (Wildman–Crippen LogP) is 3.78. The van der Waals surface area contributed by atoms with Gasteiger partial charge in [-0.05, 0) is 11.8 Å². The van der Waals surface area contributed by atoms with E-state index in [0.717, 1.165) is 22.5 Å². The third-order valence-corrected chi connectivity index (χ3v) is 4.20. The van der Waals surface area contributed by atoms with Crippen molar-refractivity contribution >= 4 is 17.6 Å². The van der Waals surface area contributed by atoms with Crippen molar-refractivity contribution in [1.29, 1.82) is 0 Å². The van der Waals surface area contributed by atoms with Gasteiger partial charge >= 0.3 is 0 Å². The van der Waals surface area contributed by atoms with Gasteiger partial charge in [-0.25, -0.2) is 9.97 Å². The molecule has 0 aliphatic heterocycles. The Bertz CT molecular complexity index is 353. The summed E-state index contributed by atoms with van der Waals surface area (Å²) in [6, 6.07) is 0. The Labute approximate surface area is 109 Å². The summed E-state index contributed by atoms with van der Waals surface area (Å²) in [5.41, 5.74) is 1.24. The van der Waals surface area contributed by atoms with Crippen molar-refractivity contribution in [3.05, 3.63) is 11.9 Å². The Morgan fingerprint density at radius 3 is 2.53 bits per heavy atom. The molecule has 1 heterocycles. The molecule has 4 heteroatoms. The van der Waals surface area contributed by atoms with Crippen LogP contribution in [-0.2, 0) is 0 Å². The summed E-state index contributed by atoms with van der Waals surface area (Å²) in [7, 11) is 1.91. The molecule has 96 valence electrons. The highest BCUT2D eigenvalue weighted by Crippen LogP contribution is 2.32. The molecule has 0 saturated heterocycles. The molecule has 0 saturated carbocycles. The molecule has 1 aromatic rings. The molecule has 17 heavy (non-hydrogen) atoms. The average molecular weight is 253 g/mol. The van der Waals surface area contributed by atoms with Gasteiger partial charge in [0.1, 0.15) is 17.2 Å². The first kappa shape index (κ1) is 14.3. The molecule has 1 aromatic heterocycles. The number of aromatic nitrogens is 2. The molecule has 0 aliphatic carbocycles. The highest BCUT2D eigenvalue weighted by molar-refractivity contribution is 7.99. The van der Waals surface area contributed by atoms with Crippen LogP contribution in [0, 0.1) is 5.92 Å². The summed E-state index contributed by atoms with van der Waals surface area (Å²) in [5, 5.41) is 4.28. The van der Waals surface area contributed by atoms with Gasteiger partial charge in [-0.1, -0.05) is 34.1 Å². The molecular weight excluding hydrogens is 230 g/mol. The minimum absolute atomic E-state index is 0.443. The van der Waals surface area contributed by atoms with Crippen molar-refractivity contribution in [2.75, 3.05) is 18.1 Å². The third kappa shape index (κ3) is 3.87. The lowest BCUT2D eigenvalue weighted by atomic mass is 10.1. The van der Waals surface area contributed by atoms with E-state index < -0.39 is 0 Å². The first-order chi connectivity index (χ1) is 8.10. The monoisotopic (exact) mass is 253 g/mol. The summed E-state index contributed by atoms with van der Waals surface area (Å²) in [6.07, 6.45) is 2.87. The smallest absolute Gasteiger partial charge is 0.133 e. The fourth-order valence-electron chi connectivity index (χ4n) is 1.55. The van der Waals surface area contributed by atoms with Crippen LogP contribution in [0.3, 0.4) is 0 Å². The lowest BCUT2D eigenvalue weighted by Gasteiger charge is -2.16. The maximum atomic E-state index is 4.43. The molecule has 1 rings (SSSR count). The van der Waals surface area contributed by atoms with Crippen LogP contribution in [0.1, 0.15) is 45.6 Å². The lowest BCUT2D eigenvalue weighted by Crippen LogP contribution is -2.05. The van der Waals surface area contributed by atoms with Crippen LogP contribution in [0.25, 0.3) is 0 Å². The van der Waals surface area contributed by atoms with Gasteiger partial charge < -0.3 is 5.32 Å². The minimum atomic E-state index is 0.443. The van der Waals surface area contributed by atoms with E-state index in [2.05, 4.69) is 43.0 Å². The molecule has 1 atom stereocenters. The predicted molar refractivity (Wildman–Crippen MR) is 75.8 cm³/mol. The van der Waals surface area contributed by atoms with E-state index in [0.29, 0.717) is 5.92 Å². The molecule has 0 aromatic carbocycles. The van der Waals surface area contributed by atoms with Crippen molar-refractivity contribution in [3.8, 4) is 0 Å². The van der Waals surface area contributed by atoms with E-state index in [1.807, 2.05) is 18.8 Å². The van der Waals surface area contributed by atoms with Crippen LogP contribution < -0.4 is 5.32 Å². The van der Waals surface area contributed by atoms with Gasteiger partial charge in [-0.2, -0.15) is 0 Å². The number of nitrogens with one attached hydrogen (secondary N) is 1. The standard InChI is InChI=1S/C13H23N3S/c1-6-10(4)7-17-13-11(9(2)3)12(14-5)15-8-16-13/h8-10H,6-7H2,1-5H3,(H,14,15,16). The van der Waals surface area contributed by atoms with Crippen molar-refractivity contribution in [2.45, 2.75) is 45.1 Å². The summed E-state index contributed by atoms with van der Waals surface area (Å²) < 4.78 is 0. The molecule has 1 N–H and O–H groups in total. The zero-order valence-corrected chi connectivity index (χ0v) is 12.3. The Kier molecular flexibility index (Phi) is 5.75. The highest BCUT2D eigenvalue weighted by atomic mass is 32.2. The normalized spacial score (nSPS) is 12.8. The maximum Gasteiger partial charge on any atom is 0.133 e. The minimum Gasteiger partial charge on any atom is -0.373 e. The second kappa shape index (κ2) is 6.84. The molecular formula is C13H23N3S. The Morgan fingerprint density at radius 1 is 1.29 bits per heavy atom. The quantitative estimate of drug-likeness (QED) is 0.618. The van der Waals surface area contributed by atoms with Crippen LogP contribution in [0.15, 0.2) is 11.4 Å². The van der Waals surface area contributed by atoms with E-state index in [1.165, 1.54) is 12.0 Å². The van der Waals surface area contributed by atoms with Gasteiger partial charge in [0, 0.05) is 18.4 Å². The Hall–Kier alpha value is -0.770. The molecule has 1 unspecified atom stereocenters. The maximum absolute atomic E-state index is 4.43. The first-order valence-corrected chi connectivity index (χ1v) is 7.24. The molecule has 0 amide bonds. The molecule has 0 aliphatic rings. The van der Waals surface area contributed by atoms with Crippen LogP contribution in [0.2, 0.25) is 0 Å². The van der Waals surface area contributed by atoms with E-state index in [4.69, 9.17) is 0 Å². The number of thioether (sulfide) groups is 1. The number of hydrogen-bond acceptors (Lipinski definition) is 4. The van der Waals surface area contributed by atoms with Crippen LogP contribution in [-0.4, -0.2) is 22.8 Å². The fraction of sp³-hybridized carbons (Fsp3) is 0.692. The number of rotatable bonds is 6. The molecule has 3 nitrogen and oxygen atoms in total. The lowest BCUT2D eigenvalue weighted by molar-refractivity contribution is 0.636. The van der Waals surface area contributed by atoms with Gasteiger partial charge in [0.25, 0.3) is 0 Å². The summed E-state index contributed by atoms with van der Waals surface area (Å²) >= 11 is 1.85. The van der Waals surface area contributed by atoms with Crippen molar-refractivity contribution in [1.82, 2.24) is 9.97 Å². The van der Waals surface area contributed by atoms with Crippen molar-refractivity contribution in [2.24, 2.45) is 5.92 Å². The van der Waals surface area contributed by atoms with Crippen molar-refractivity contribution in [3.63, 3.8) is 0 Å². The van der Waals surface area contributed by atoms with Gasteiger partial charge in [0.15, 0.2) is 0 Å². The SMILES string of the molecule is CCC(C)CSc1ncnc(NC)c1C(C)C. The van der Waals surface area contributed by atoms with Gasteiger partial charge in [-0.3, -0.25) is 0 Å². The van der Waals surface area contributed by atoms with Crippen LogP contribution >= 0.6 is 11.8 Å². The van der Waals surface area contributed by atoms with E-state index in [9.17, 15) is 0 Å². The van der Waals surface area contributed by atoms with E-state index >= 15 is 0 Å². The second-order valence-corrected chi connectivity index (χ2v) is 5.68. The van der Waals surface area contributed by atoms with Crippen LogP contribution in [0.5, 0.6) is 0 Å². The van der Waals surface area contributed by atoms with E-state index in [1.54, 1.807) is 6.33 Å². The van der Waals surface area contributed by atoms with Gasteiger partial charge in [-0.15, -0.1) is 11.8 Å². The second-order valence-electron chi connectivity index (χ2n) is 4.67. The summed E-state index contributed by atoms with van der Waals surface area (Å²) in [5.74, 6) is 3.25. The zero-order chi connectivity index (χ0) is 12.8. The third-order valence-electron chi connectivity index (χ3n) is 2.86. The van der Waals surface area contributed by atoms with Gasteiger partial charge in [0.2, 0.25) is 0 Å². The fourth-order valence-corrected chi connectivity index (χ4v) is 2.84. The Balaban J connectivity index is 2.90. The average Bonchev–Trinajstić information content (AvgIpc) is 2.34. The largest absolute Gasteiger partial charge is 0.373 e. The number of hydrogen-bond donors (Lipinski definition) is 1. The van der Waals surface area contributed by atoms with Crippen LogP contribution in [0.4, 0.5) is 5.82 Å². The molecule has 0 fully saturated rings. The summed E-state index contributed by atoms with van der Waals surface area (Å²) in [4.78, 5) is 8.72. The topological polar surface area (TPSA) is 37.8 Å². The highest BCUT2D eigenvalue weighted by Gasteiger charge is 2.15. The van der Waals surface area contributed by atoms with Crippen molar-refractivity contribution < 1.29 is 0 Å². The van der Waals surface area contributed by atoms with E-state index in [-0.39, 0.29) is 0 Å². The Morgan fingerprint density at radius 2 is 2.00 bits per heavy atom. The van der Waals surface area contributed by atoms with Gasteiger partial charge in [0.05, 0.1) is 0 Å².